The summed E-state index contributed by atoms with van der Waals surface area (Å²) in [6.45, 7) is 2.54. The molecule has 3 nitrogen and oxygen atoms in total. The van der Waals surface area contributed by atoms with Crippen LogP contribution in [0.2, 0.25) is 0 Å². The number of hydrogen-bond acceptors (Lipinski definition) is 3. The monoisotopic (exact) mass is 233 g/mol. The first-order valence-corrected chi connectivity index (χ1v) is 4.88. The molecule has 0 aromatic carbocycles. The Morgan fingerprint density at radius 1 is 1.44 bits per heavy atom. The predicted molar refractivity (Wildman–Crippen MR) is 57.3 cm³/mol. The third-order valence-electron chi connectivity index (χ3n) is 2.24. The van der Waals surface area contributed by atoms with E-state index in [1.54, 1.807) is 19.9 Å². The molecule has 1 rings (SSSR count). The summed E-state index contributed by atoms with van der Waals surface area (Å²) in [7, 11) is 0. The fourth-order valence-electron chi connectivity index (χ4n) is 1.36. The van der Waals surface area contributed by atoms with Crippen molar-refractivity contribution in [2.24, 2.45) is 0 Å². The van der Waals surface area contributed by atoms with Crippen molar-refractivity contribution in [1.82, 2.24) is 4.98 Å². The molecule has 0 spiro atoms. The summed E-state index contributed by atoms with van der Waals surface area (Å²) in [6.07, 6.45) is -2.80. The Balaban J connectivity index is 3.00. The molecule has 0 radical (unpaired) electrons. The van der Waals surface area contributed by atoms with Crippen molar-refractivity contribution in [3.05, 3.63) is 17.8 Å². The van der Waals surface area contributed by atoms with Crippen LogP contribution in [0.25, 0.3) is 0 Å². The molecular formula is C10H14F3N3. The molecule has 0 bridgehead atoms. The fourth-order valence-corrected chi connectivity index (χ4v) is 1.36. The number of pyridine rings is 1. The second-order valence-corrected chi connectivity index (χ2v) is 3.49. The molecule has 0 saturated carbocycles. The molecule has 0 amide bonds. The highest BCUT2D eigenvalue weighted by atomic mass is 19.4. The Bertz CT molecular complexity index is 363. The van der Waals surface area contributed by atoms with Gasteiger partial charge >= 0.3 is 6.18 Å². The van der Waals surface area contributed by atoms with Crippen molar-refractivity contribution in [3.63, 3.8) is 0 Å². The van der Waals surface area contributed by atoms with Crippen LogP contribution in [0.3, 0.4) is 0 Å². The van der Waals surface area contributed by atoms with Gasteiger partial charge in [-0.1, -0.05) is 0 Å². The second kappa shape index (κ2) is 4.59. The van der Waals surface area contributed by atoms with Crippen molar-refractivity contribution in [2.75, 3.05) is 23.7 Å². The van der Waals surface area contributed by atoms with E-state index in [2.05, 4.69) is 4.98 Å². The lowest BCUT2D eigenvalue weighted by Gasteiger charge is -2.24. The molecule has 16 heavy (non-hydrogen) atoms. The van der Waals surface area contributed by atoms with Gasteiger partial charge in [-0.3, -0.25) is 0 Å². The van der Waals surface area contributed by atoms with Gasteiger partial charge in [0.2, 0.25) is 0 Å². The topological polar surface area (TPSA) is 42.2 Å². The van der Waals surface area contributed by atoms with Crippen molar-refractivity contribution >= 4 is 11.5 Å². The molecule has 1 aromatic rings. The van der Waals surface area contributed by atoms with E-state index >= 15 is 0 Å². The van der Waals surface area contributed by atoms with Gasteiger partial charge in [-0.25, -0.2) is 4.98 Å². The Morgan fingerprint density at radius 3 is 2.56 bits per heavy atom. The normalized spacial score (nSPS) is 11.6. The SMILES string of the molecule is CCN(CC(F)(F)F)c1nccc(C)c1N. The third kappa shape index (κ3) is 3.01. The van der Waals surface area contributed by atoms with Crippen molar-refractivity contribution in [2.45, 2.75) is 20.0 Å². The molecule has 90 valence electrons. The van der Waals surface area contributed by atoms with Crippen LogP contribution in [0.1, 0.15) is 12.5 Å². The lowest BCUT2D eigenvalue weighted by atomic mass is 10.2. The summed E-state index contributed by atoms with van der Waals surface area (Å²) >= 11 is 0. The van der Waals surface area contributed by atoms with Crippen LogP contribution in [0.15, 0.2) is 12.3 Å². The van der Waals surface area contributed by atoms with E-state index in [1.165, 1.54) is 6.20 Å². The average Bonchev–Trinajstić information content (AvgIpc) is 2.18. The number of nitrogens with zero attached hydrogens (tertiary/aromatic N) is 2. The van der Waals surface area contributed by atoms with Gasteiger partial charge in [0.05, 0.1) is 5.69 Å². The Kier molecular flexibility index (Phi) is 3.62. The first-order chi connectivity index (χ1) is 7.35. The first kappa shape index (κ1) is 12.6. The maximum atomic E-state index is 12.3. The number of nitrogen functional groups attached to an aromatic ring is 1. The number of aromatic nitrogens is 1. The lowest BCUT2D eigenvalue weighted by Crippen LogP contribution is -2.35. The summed E-state index contributed by atoms with van der Waals surface area (Å²) in [6, 6.07) is 1.67. The van der Waals surface area contributed by atoms with Crippen LogP contribution >= 0.6 is 0 Å². The Morgan fingerprint density at radius 2 is 2.06 bits per heavy atom. The van der Waals surface area contributed by atoms with Gasteiger partial charge in [-0.2, -0.15) is 13.2 Å². The number of rotatable bonds is 3. The molecule has 0 aliphatic carbocycles. The molecule has 0 atom stereocenters. The van der Waals surface area contributed by atoms with E-state index in [1.807, 2.05) is 0 Å². The zero-order valence-electron chi connectivity index (χ0n) is 9.17. The number of alkyl halides is 3. The minimum Gasteiger partial charge on any atom is -0.396 e. The van der Waals surface area contributed by atoms with Crippen molar-refractivity contribution < 1.29 is 13.2 Å². The molecule has 0 saturated heterocycles. The minimum absolute atomic E-state index is 0.194. The van der Waals surface area contributed by atoms with E-state index in [4.69, 9.17) is 5.73 Å². The largest absolute Gasteiger partial charge is 0.405 e. The molecule has 0 fully saturated rings. The summed E-state index contributed by atoms with van der Waals surface area (Å²) in [4.78, 5) is 5.01. The minimum atomic E-state index is -4.26. The van der Waals surface area contributed by atoms with Gasteiger partial charge in [0.25, 0.3) is 0 Å². The summed E-state index contributed by atoms with van der Waals surface area (Å²) in [5, 5.41) is 0. The van der Waals surface area contributed by atoms with Gasteiger partial charge < -0.3 is 10.6 Å². The smallest absolute Gasteiger partial charge is 0.396 e. The molecule has 2 N–H and O–H groups in total. The van der Waals surface area contributed by atoms with Crippen LogP contribution in [0.5, 0.6) is 0 Å². The third-order valence-corrected chi connectivity index (χ3v) is 2.24. The van der Waals surface area contributed by atoms with Crippen LogP contribution in [0.4, 0.5) is 24.7 Å². The van der Waals surface area contributed by atoms with E-state index < -0.39 is 12.7 Å². The highest BCUT2D eigenvalue weighted by Gasteiger charge is 2.31. The Hall–Kier alpha value is -1.46. The zero-order valence-corrected chi connectivity index (χ0v) is 9.17. The number of nitrogens with two attached hydrogens (primary N) is 1. The van der Waals surface area contributed by atoms with Gasteiger partial charge in [-0.15, -0.1) is 0 Å². The molecule has 0 unspecified atom stereocenters. The summed E-state index contributed by atoms with van der Waals surface area (Å²) < 4.78 is 36.9. The average molecular weight is 233 g/mol. The van der Waals surface area contributed by atoms with E-state index in [9.17, 15) is 13.2 Å². The predicted octanol–water partition coefficient (Wildman–Crippen LogP) is 2.36. The summed E-state index contributed by atoms with van der Waals surface area (Å²) in [5.74, 6) is 0.194. The molecule has 0 aliphatic rings. The number of anilines is 2. The maximum absolute atomic E-state index is 12.3. The standard InChI is InChI=1S/C10H14F3N3/c1-3-16(6-10(11,12)13)9-8(14)7(2)4-5-15-9/h4-5H,3,6,14H2,1-2H3. The Labute approximate surface area is 92.1 Å². The van der Waals surface area contributed by atoms with Gasteiger partial charge in [0.15, 0.2) is 5.82 Å². The summed E-state index contributed by atoms with van der Waals surface area (Å²) in [5.41, 5.74) is 6.73. The molecular weight excluding hydrogens is 219 g/mol. The van der Waals surface area contributed by atoms with E-state index in [0.717, 1.165) is 10.5 Å². The molecule has 1 aromatic heterocycles. The lowest BCUT2D eigenvalue weighted by molar-refractivity contribution is -0.119. The van der Waals surface area contributed by atoms with Crippen molar-refractivity contribution in [3.8, 4) is 0 Å². The van der Waals surface area contributed by atoms with Gasteiger partial charge in [0.1, 0.15) is 6.54 Å². The van der Waals surface area contributed by atoms with E-state index in [0.29, 0.717) is 5.69 Å². The number of halogens is 3. The van der Waals surface area contributed by atoms with Crippen LogP contribution in [-0.4, -0.2) is 24.2 Å². The molecule has 0 aliphatic heterocycles. The number of aryl methyl sites for hydroxylation is 1. The fraction of sp³-hybridized carbons (Fsp3) is 0.500. The second-order valence-electron chi connectivity index (χ2n) is 3.49. The van der Waals surface area contributed by atoms with Gasteiger partial charge in [-0.05, 0) is 25.5 Å². The first-order valence-electron chi connectivity index (χ1n) is 4.88. The van der Waals surface area contributed by atoms with Crippen LogP contribution in [-0.2, 0) is 0 Å². The van der Waals surface area contributed by atoms with Gasteiger partial charge in [0, 0.05) is 12.7 Å². The van der Waals surface area contributed by atoms with E-state index in [-0.39, 0.29) is 12.4 Å². The molecule has 1 heterocycles. The highest BCUT2D eigenvalue weighted by Crippen LogP contribution is 2.26. The quantitative estimate of drug-likeness (QED) is 0.871. The van der Waals surface area contributed by atoms with Crippen LogP contribution in [0, 0.1) is 6.92 Å². The van der Waals surface area contributed by atoms with Crippen molar-refractivity contribution in [1.29, 1.82) is 0 Å². The zero-order chi connectivity index (χ0) is 12.3. The van der Waals surface area contributed by atoms with Crippen LogP contribution < -0.4 is 10.6 Å². The molecule has 6 heteroatoms. The highest BCUT2D eigenvalue weighted by molar-refractivity contribution is 5.66. The number of hydrogen-bond donors (Lipinski definition) is 1. The maximum Gasteiger partial charge on any atom is 0.405 e.